The molecule has 4 rings (SSSR count). The van der Waals surface area contributed by atoms with E-state index < -0.39 is 0 Å². The predicted octanol–water partition coefficient (Wildman–Crippen LogP) is 4.43. The van der Waals surface area contributed by atoms with Crippen molar-refractivity contribution in [2.24, 2.45) is 0 Å². The minimum Gasteiger partial charge on any atom is -0.496 e. The highest BCUT2D eigenvalue weighted by molar-refractivity contribution is 8.04. The Morgan fingerprint density at radius 2 is 1.97 bits per heavy atom. The molecule has 2 aromatic carbocycles. The van der Waals surface area contributed by atoms with Crippen LogP contribution in [0.4, 0.5) is 5.69 Å². The van der Waals surface area contributed by atoms with Crippen LogP contribution in [0.3, 0.4) is 0 Å². The zero-order valence-electron chi connectivity index (χ0n) is 16.4. The average Bonchev–Trinajstić information content (AvgIpc) is 2.74. The molecule has 0 fully saturated rings. The molecule has 5 nitrogen and oxygen atoms in total. The first-order valence-corrected chi connectivity index (χ1v) is 10.9. The van der Waals surface area contributed by atoms with Crippen LogP contribution in [0.2, 0.25) is 0 Å². The van der Waals surface area contributed by atoms with Crippen molar-refractivity contribution >= 4 is 29.3 Å². The van der Waals surface area contributed by atoms with Gasteiger partial charge >= 0.3 is 0 Å². The van der Waals surface area contributed by atoms with E-state index in [1.54, 1.807) is 31.2 Å². The minimum absolute atomic E-state index is 0.0225. The molecule has 0 spiro atoms. The third kappa shape index (κ3) is 4.48. The first-order chi connectivity index (χ1) is 14.1. The summed E-state index contributed by atoms with van der Waals surface area (Å²) in [6, 6.07) is 15.4. The van der Waals surface area contributed by atoms with Crippen molar-refractivity contribution in [2.45, 2.75) is 32.2 Å². The van der Waals surface area contributed by atoms with Gasteiger partial charge in [0, 0.05) is 17.0 Å². The van der Waals surface area contributed by atoms with E-state index in [0.29, 0.717) is 28.5 Å². The summed E-state index contributed by atoms with van der Waals surface area (Å²) in [6.07, 6.45) is 3.05. The quantitative estimate of drug-likeness (QED) is 0.786. The second-order valence-corrected chi connectivity index (χ2v) is 8.34. The molecule has 1 unspecified atom stereocenters. The number of carbonyl (C=O) groups is 2. The number of aryl methyl sites for hydroxylation is 1. The van der Waals surface area contributed by atoms with E-state index in [1.807, 2.05) is 12.1 Å². The molecule has 2 amide bonds. The molecule has 6 heteroatoms. The van der Waals surface area contributed by atoms with Gasteiger partial charge in [-0.05, 0) is 55.5 Å². The Kier molecular flexibility index (Phi) is 5.90. The summed E-state index contributed by atoms with van der Waals surface area (Å²) < 4.78 is 5.46. The maximum atomic E-state index is 12.9. The highest BCUT2D eigenvalue weighted by Crippen LogP contribution is 2.30. The Bertz CT molecular complexity index is 970. The molecule has 1 aliphatic carbocycles. The number of ether oxygens (including phenoxy) is 1. The third-order valence-corrected chi connectivity index (χ3v) is 6.36. The van der Waals surface area contributed by atoms with E-state index in [1.165, 1.54) is 22.9 Å². The van der Waals surface area contributed by atoms with Gasteiger partial charge in [-0.2, -0.15) is 0 Å². The number of thioether (sulfide) groups is 1. The van der Waals surface area contributed by atoms with E-state index in [0.717, 1.165) is 25.0 Å². The molecule has 0 bridgehead atoms. The lowest BCUT2D eigenvalue weighted by atomic mass is 9.87. The number of anilines is 1. The van der Waals surface area contributed by atoms with Gasteiger partial charge in [0.2, 0.25) is 0 Å². The maximum absolute atomic E-state index is 12.9. The van der Waals surface area contributed by atoms with Gasteiger partial charge in [-0.1, -0.05) is 30.3 Å². The summed E-state index contributed by atoms with van der Waals surface area (Å²) in [5.74, 6) is 1.06. The van der Waals surface area contributed by atoms with Gasteiger partial charge in [-0.3, -0.25) is 9.59 Å². The highest BCUT2D eigenvalue weighted by atomic mass is 32.2. The van der Waals surface area contributed by atoms with Crippen LogP contribution in [-0.2, 0) is 16.0 Å². The number of carbonyl (C=O) groups excluding carboxylic acids is 2. The monoisotopic (exact) mass is 408 g/mol. The summed E-state index contributed by atoms with van der Waals surface area (Å²) in [5.41, 5.74) is 3.64. The van der Waals surface area contributed by atoms with Crippen molar-refractivity contribution in [3.05, 3.63) is 75.9 Å². The molecule has 150 valence electrons. The van der Waals surface area contributed by atoms with Crippen LogP contribution in [0.1, 0.15) is 47.3 Å². The predicted molar refractivity (Wildman–Crippen MR) is 116 cm³/mol. The van der Waals surface area contributed by atoms with Crippen molar-refractivity contribution in [3.8, 4) is 0 Å². The summed E-state index contributed by atoms with van der Waals surface area (Å²) in [5, 5.41) is 6.04. The lowest BCUT2D eigenvalue weighted by Crippen LogP contribution is -2.31. The lowest BCUT2D eigenvalue weighted by Gasteiger charge is -2.26. The molecule has 29 heavy (non-hydrogen) atoms. The van der Waals surface area contributed by atoms with Crippen molar-refractivity contribution in [1.29, 1.82) is 0 Å². The van der Waals surface area contributed by atoms with Crippen molar-refractivity contribution in [1.82, 2.24) is 5.32 Å². The normalized spacial score (nSPS) is 18.4. The van der Waals surface area contributed by atoms with Crippen LogP contribution >= 0.6 is 11.8 Å². The van der Waals surface area contributed by atoms with E-state index in [2.05, 4.69) is 22.8 Å². The van der Waals surface area contributed by atoms with Crippen LogP contribution in [0.5, 0.6) is 0 Å². The van der Waals surface area contributed by atoms with E-state index in [4.69, 9.17) is 4.74 Å². The zero-order chi connectivity index (χ0) is 20.2. The Hall–Kier alpha value is -2.73. The van der Waals surface area contributed by atoms with Crippen LogP contribution in [0.25, 0.3) is 0 Å². The van der Waals surface area contributed by atoms with Crippen LogP contribution in [0.15, 0.2) is 59.2 Å². The number of rotatable bonds is 4. The standard InChI is InChI=1S/C23H24N2O3S/c1-15-21(29-13-12-28-15)23(27)24-18-9-4-8-17(14-18)22(26)25-20-11-5-7-16-6-2-3-10-19(16)20/h2-4,6,8-10,14,20H,5,7,11-13H2,1H3,(H,24,27)(H,25,26). The number of hydrogen-bond acceptors (Lipinski definition) is 4. The van der Waals surface area contributed by atoms with Gasteiger partial charge in [0.25, 0.3) is 11.8 Å². The van der Waals surface area contributed by atoms with Gasteiger partial charge in [-0.15, -0.1) is 11.8 Å². The van der Waals surface area contributed by atoms with Gasteiger partial charge in [0.15, 0.2) is 0 Å². The van der Waals surface area contributed by atoms with Crippen molar-refractivity contribution < 1.29 is 14.3 Å². The minimum atomic E-state index is -0.203. The fourth-order valence-corrected chi connectivity index (χ4v) is 4.62. The Morgan fingerprint density at radius 3 is 2.83 bits per heavy atom. The van der Waals surface area contributed by atoms with Gasteiger partial charge < -0.3 is 15.4 Å². The summed E-state index contributed by atoms with van der Waals surface area (Å²) in [6.45, 7) is 2.42. The molecular formula is C23H24N2O3S. The van der Waals surface area contributed by atoms with Crippen LogP contribution in [-0.4, -0.2) is 24.2 Å². The van der Waals surface area contributed by atoms with E-state index in [9.17, 15) is 9.59 Å². The Morgan fingerprint density at radius 1 is 1.10 bits per heavy atom. The van der Waals surface area contributed by atoms with E-state index in [-0.39, 0.29) is 17.9 Å². The first kappa shape index (κ1) is 19.6. The molecule has 2 N–H and O–H groups in total. The molecule has 1 aliphatic heterocycles. The molecule has 0 radical (unpaired) electrons. The number of benzene rings is 2. The molecule has 0 saturated carbocycles. The average molecular weight is 409 g/mol. The topological polar surface area (TPSA) is 67.4 Å². The van der Waals surface area contributed by atoms with E-state index >= 15 is 0 Å². The fraction of sp³-hybridized carbons (Fsp3) is 0.304. The Balaban J connectivity index is 1.46. The van der Waals surface area contributed by atoms with Crippen LogP contribution < -0.4 is 10.6 Å². The number of fused-ring (bicyclic) bond motifs is 1. The molecule has 1 atom stereocenters. The van der Waals surface area contributed by atoms with Crippen molar-refractivity contribution in [3.63, 3.8) is 0 Å². The van der Waals surface area contributed by atoms with Gasteiger partial charge in [0.05, 0.1) is 12.6 Å². The van der Waals surface area contributed by atoms with Gasteiger partial charge in [0.1, 0.15) is 10.7 Å². The highest BCUT2D eigenvalue weighted by Gasteiger charge is 2.22. The zero-order valence-corrected chi connectivity index (χ0v) is 17.2. The summed E-state index contributed by atoms with van der Waals surface area (Å²) >= 11 is 1.49. The summed E-state index contributed by atoms with van der Waals surface area (Å²) in [7, 11) is 0. The third-order valence-electron chi connectivity index (χ3n) is 5.23. The van der Waals surface area contributed by atoms with Crippen LogP contribution in [0, 0.1) is 0 Å². The second kappa shape index (κ2) is 8.74. The largest absolute Gasteiger partial charge is 0.496 e. The number of hydrogen-bond donors (Lipinski definition) is 2. The molecular weight excluding hydrogens is 384 g/mol. The second-order valence-electron chi connectivity index (χ2n) is 7.23. The smallest absolute Gasteiger partial charge is 0.265 e. The molecule has 1 heterocycles. The molecule has 2 aromatic rings. The fourth-order valence-electron chi connectivity index (χ4n) is 3.80. The van der Waals surface area contributed by atoms with Crippen molar-refractivity contribution in [2.75, 3.05) is 17.7 Å². The molecule has 0 aromatic heterocycles. The van der Waals surface area contributed by atoms with Gasteiger partial charge in [-0.25, -0.2) is 0 Å². The SMILES string of the molecule is CC1=C(C(=O)Nc2cccc(C(=O)NC3CCCc4ccccc43)c2)SCCO1. The first-order valence-electron chi connectivity index (χ1n) is 9.88. The number of amides is 2. The molecule has 0 saturated heterocycles. The summed E-state index contributed by atoms with van der Waals surface area (Å²) in [4.78, 5) is 26.0. The molecule has 2 aliphatic rings. The number of nitrogens with one attached hydrogen (secondary N) is 2. The lowest BCUT2D eigenvalue weighted by molar-refractivity contribution is -0.112. The Labute approximate surface area is 174 Å². The maximum Gasteiger partial charge on any atom is 0.265 e. The number of allylic oxidation sites excluding steroid dienone is 1.